The molecular formula is C13H12F2N2O3. The van der Waals surface area contributed by atoms with Crippen LogP contribution in [0.5, 0.6) is 0 Å². The lowest BCUT2D eigenvalue weighted by Crippen LogP contribution is -2.37. The van der Waals surface area contributed by atoms with E-state index >= 15 is 0 Å². The van der Waals surface area contributed by atoms with Crippen LogP contribution in [0.4, 0.5) is 19.3 Å². The van der Waals surface area contributed by atoms with Gasteiger partial charge in [-0.3, -0.25) is 4.79 Å². The third-order valence-corrected chi connectivity index (χ3v) is 2.92. The number of carboxylic acid groups (broad SMARTS) is 1. The van der Waals surface area contributed by atoms with Crippen molar-refractivity contribution in [2.45, 2.75) is 12.5 Å². The Kier molecular flexibility index (Phi) is 3.97. The van der Waals surface area contributed by atoms with Crippen LogP contribution in [0, 0.1) is 17.6 Å². The monoisotopic (exact) mass is 282 g/mol. The minimum atomic E-state index is -0.980. The number of carbonyl (C=O) groups is 2. The Labute approximate surface area is 113 Å². The number of rotatable bonds is 3. The van der Waals surface area contributed by atoms with E-state index in [9.17, 15) is 18.4 Å². The minimum Gasteiger partial charge on any atom is -0.481 e. The topological polar surface area (TPSA) is 78.4 Å². The van der Waals surface area contributed by atoms with Crippen molar-refractivity contribution in [3.8, 4) is 0 Å². The SMILES string of the molecule is O=C(Nc1c(F)cccc1F)NC1C=CC(C(=O)O)C1. The lowest BCUT2D eigenvalue weighted by Gasteiger charge is -2.13. The van der Waals surface area contributed by atoms with Gasteiger partial charge in [0.1, 0.15) is 17.3 Å². The van der Waals surface area contributed by atoms with Crippen molar-refractivity contribution in [2.24, 2.45) is 5.92 Å². The molecular weight excluding hydrogens is 270 g/mol. The number of hydrogen-bond acceptors (Lipinski definition) is 2. The Morgan fingerprint density at radius 1 is 1.20 bits per heavy atom. The molecule has 1 aromatic rings. The number of anilines is 1. The van der Waals surface area contributed by atoms with Crippen molar-refractivity contribution in [3.63, 3.8) is 0 Å². The molecule has 3 N–H and O–H groups in total. The predicted molar refractivity (Wildman–Crippen MR) is 67.2 cm³/mol. The van der Waals surface area contributed by atoms with Crippen molar-refractivity contribution >= 4 is 17.7 Å². The number of amides is 2. The summed E-state index contributed by atoms with van der Waals surface area (Å²) < 4.78 is 26.6. The molecule has 106 valence electrons. The third-order valence-electron chi connectivity index (χ3n) is 2.92. The maximum absolute atomic E-state index is 13.3. The summed E-state index contributed by atoms with van der Waals surface area (Å²) in [5.74, 6) is -3.41. The normalized spacial score (nSPS) is 20.7. The van der Waals surface area contributed by atoms with E-state index in [0.29, 0.717) is 0 Å². The van der Waals surface area contributed by atoms with Crippen LogP contribution >= 0.6 is 0 Å². The summed E-state index contributed by atoms with van der Waals surface area (Å²) in [7, 11) is 0. The molecule has 2 atom stereocenters. The summed E-state index contributed by atoms with van der Waals surface area (Å²) in [5, 5.41) is 13.3. The Morgan fingerprint density at radius 2 is 1.85 bits per heavy atom. The maximum Gasteiger partial charge on any atom is 0.319 e. The molecule has 2 unspecified atom stereocenters. The van der Waals surface area contributed by atoms with E-state index in [2.05, 4.69) is 10.6 Å². The standard InChI is InChI=1S/C13H12F2N2O3/c14-9-2-1-3-10(15)11(9)17-13(20)16-8-5-4-7(6-8)12(18)19/h1-5,7-8H,6H2,(H,18,19)(H2,16,17,20). The molecule has 0 fully saturated rings. The molecule has 7 heteroatoms. The average Bonchev–Trinajstić information content (AvgIpc) is 2.82. The summed E-state index contributed by atoms with van der Waals surface area (Å²) in [6.45, 7) is 0. The number of urea groups is 1. The molecule has 1 aromatic carbocycles. The van der Waals surface area contributed by atoms with Crippen LogP contribution in [0.3, 0.4) is 0 Å². The molecule has 2 amide bonds. The second-order valence-electron chi connectivity index (χ2n) is 4.37. The van der Waals surface area contributed by atoms with Crippen molar-refractivity contribution in [1.29, 1.82) is 0 Å². The van der Waals surface area contributed by atoms with E-state index in [-0.39, 0.29) is 6.42 Å². The van der Waals surface area contributed by atoms with Gasteiger partial charge in [-0.05, 0) is 18.6 Å². The van der Waals surface area contributed by atoms with Gasteiger partial charge in [-0.15, -0.1) is 0 Å². The fraction of sp³-hybridized carbons (Fsp3) is 0.231. The van der Waals surface area contributed by atoms with Crippen LogP contribution in [-0.4, -0.2) is 23.1 Å². The highest BCUT2D eigenvalue weighted by molar-refractivity contribution is 5.90. The number of nitrogens with one attached hydrogen (secondary N) is 2. The molecule has 1 aliphatic rings. The highest BCUT2D eigenvalue weighted by Gasteiger charge is 2.25. The van der Waals surface area contributed by atoms with Gasteiger partial charge in [0, 0.05) is 0 Å². The number of para-hydroxylation sites is 1. The number of carboxylic acids is 1. The van der Waals surface area contributed by atoms with Crippen LogP contribution in [0.2, 0.25) is 0 Å². The molecule has 2 rings (SSSR count). The molecule has 1 aliphatic carbocycles. The van der Waals surface area contributed by atoms with E-state index in [0.717, 1.165) is 12.1 Å². The number of halogens is 2. The first-order chi connectivity index (χ1) is 9.47. The van der Waals surface area contributed by atoms with Crippen LogP contribution in [0.25, 0.3) is 0 Å². The van der Waals surface area contributed by atoms with Gasteiger partial charge >= 0.3 is 12.0 Å². The maximum atomic E-state index is 13.3. The first-order valence-corrected chi connectivity index (χ1v) is 5.90. The zero-order valence-corrected chi connectivity index (χ0v) is 10.3. The first-order valence-electron chi connectivity index (χ1n) is 5.90. The minimum absolute atomic E-state index is 0.211. The molecule has 0 saturated heterocycles. The van der Waals surface area contributed by atoms with E-state index in [1.807, 2.05) is 0 Å². The van der Waals surface area contributed by atoms with Gasteiger partial charge in [-0.1, -0.05) is 18.2 Å². The van der Waals surface area contributed by atoms with Crippen molar-refractivity contribution in [2.75, 3.05) is 5.32 Å². The van der Waals surface area contributed by atoms with Crippen LogP contribution in [-0.2, 0) is 4.79 Å². The highest BCUT2D eigenvalue weighted by atomic mass is 19.1. The molecule has 0 saturated carbocycles. The van der Waals surface area contributed by atoms with Crippen LogP contribution < -0.4 is 10.6 Å². The fourth-order valence-electron chi connectivity index (χ4n) is 1.92. The Morgan fingerprint density at radius 3 is 2.40 bits per heavy atom. The Bertz CT molecular complexity index is 554. The molecule has 0 aromatic heterocycles. The van der Waals surface area contributed by atoms with Gasteiger partial charge in [0.05, 0.1) is 12.0 Å². The molecule has 0 aliphatic heterocycles. The molecule has 20 heavy (non-hydrogen) atoms. The van der Waals surface area contributed by atoms with Gasteiger partial charge < -0.3 is 15.7 Å². The summed E-state index contributed by atoms with van der Waals surface area (Å²) in [6, 6.07) is 1.95. The van der Waals surface area contributed by atoms with E-state index in [1.165, 1.54) is 18.2 Å². The summed E-state index contributed by atoms with van der Waals surface area (Å²) in [6.07, 6.45) is 3.22. The zero-order valence-electron chi connectivity index (χ0n) is 10.3. The fourth-order valence-corrected chi connectivity index (χ4v) is 1.92. The van der Waals surface area contributed by atoms with Crippen molar-refractivity contribution < 1.29 is 23.5 Å². The lowest BCUT2D eigenvalue weighted by atomic mass is 10.1. The number of benzene rings is 1. The molecule has 0 radical (unpaired) electrons. The second kappa shape index (κ2) is 5.68. The highest BCUT2D eigenvalue weighted by Crippen LogP contribution is 2.20. The smallest absolute Gasteiger partial charge is 0.319 e. The summed E-state index contributed by atoms with van der Waals surface area (Å²) >= 11 is 0. The van der Waals surface area contributed by atoms with Gasteiger partial charge in [0.15, 0.2) is 0 Å². The average molecular weight is 282 g/mol. The molecule has 0 bridgehead atoms. The summed E-state index contributed by atoms with van der Waals surface area (Å²) in [4.78, 5) is 22.3. The number of hydrogen-bond donors (Lipinski definition) is 3. The van der Waals surface area contributed by atoms with Gasteiger partial charge in [-0.25, -0.2) is 13.6 Å². The molecule has 0 spiro atoms. The van der Waals surface area contributed by atoms with Crippen LogP contribution in [0.15, 0.2) is 30.4 Å². The van der Waals surface area contributed by atoms with Gasteiger partial charge in [0.25, 0.3) is 0 Å². The largest absolute Gasteiger partial charge is 0.481 e. The Balaban J connectivity index is 1.94. The van der Waals surface area contributed by atoms with Crippen molar-refractivity contribution in [1.82, 2.24) is 5.32 Å². The zero-order chi connectivity index (χ0) is 14.7. The number of aliphatic carboxylic acids is 1. The van der Waals surface area contributed by atoms with Gasteiger partial charge in [0.2, 0.25) is 0 Å². The first kappa shape index (κ1) is 14.0. The molecule has 0 heterocycles. The van der Waals surface area contributed by atoms with E-state index in [1.54, 1.807) is 0 Å². The second-order valence-corrected chi connectivity index (χ2v) is 4.37. The lowest BCUT2D eigenvalue weighted by molar-refractivity contribution is -0.140. The summed E-state index contributed by atoms with van der Waals surface area (Å²) in [5.41, 5.74) is -0.540. The van der Waals surface area contributed by atoms with E-state index < -0.39 is 41.3 Å². The third kappa shape index (κ3) is 3.11. The van der Waals surface area contributed by atoms with Gasteiger partial charge in [-0.2, -0.15) is 0 Å². The predicted octanol–water partition coefficient (Wildman–Crippen LogP) is 2.12. The van der Waals surface area contributed by atoms with E-state index in [4.69, 9.17) is 5.11 Å². The molecule has 5 nitrogen and oxygen atoms in total. The quantitative estimate of drug-likeness (QED) is 0.743. The van der Waals surface area contributed by atoms with Crippen molar-refractivity contribution in [3.05, 3.63) is 42.0 Å². The Hall–Kier alpha value is -2.44. The van der Waals surface area contributed by atoms with Crippen LogP contribution in [0.1, 0.15) is 6.42 Å². The number of carbonyl (C=O) groups excluding carboxylic acids is 1.